The van der Waals surface area contributed by atoms with Crippen LogP contribution in [0.15, 0.2) is 0 Å². The molecule has 0 saturated carbocycles. The van der Waals surface area contributed by atoms with Crippen molar-refractivity contribution in [2.75, 3.05) is 26.7 Å². The number of nitrogens with zero attached hydrogens (tertiary/aromatic N) is 1. The summed E-state index contributed by atoms with van der Waals surface area (Å²) in [6, 6.07) is 0.840. The third kappa shape index (κ3) is 14.6. The highest BCUT2D eigenvalue weighted by Gasteiger charge is 2.16. The smallest absolute Gasteiger partial charge is 0.0116 e. The second-order valence-corrected chi connectivity index (χ2v) is 6.06. The first-order valence-electron chi connectivity index (χ1n) is 9.61. The minimum Gasteiger partial charge on any atom is -0.317 e. The summed E-state index contributed by atoms with van der Waals surface area (Å²) < 4.78 is 0. The van der Waals surface area contributed by atoms with E-state index in [1.807, 2.05) is 27.7 Å². The number of rotatable bonds is 8. The second-order valence-electron chi connectivity index (χ2n) is 6.06. The largest absolute Gasteiger partial charge is 0.317 e. The van der Waals surface area contributed by atoms with Gasteiger partial charge in [0, 0.05) is 6.04 Å². The summed E-state index contributed by atoms with van der Waals surface area (Å²) in [6.45, 7) is 16.4. The van der Waals surface area contributed by atoms with Crippen molar-refractivity contribution in [2.45, 2.75) is 92.5 Å². The number of piperidine rings is 1. The molecular weight excluding hydrogens is 256 g/mol. The number of hydrogen-bond acceptors (Lipinski definition) is 2. The molecule has 1 rings (SSSR count). The van der Waals surface area contributed by atoms with Gasteiger partial charge in [0.2, 0.25) is 0 Å². The fourth-order valence-corrected chi connectivity index (χ4v) is 2.70. The Kier molecular flexibility index (Phi) is 19.8. The molecule has 1 saturated heterocycles. The van der Waals surface area contributed by atoms with Crippen LogP contribution in [0.4, 0.5) is 0 Å². The first-order chi connectivity index (χ1) is 10.2. The maximum atomic E-state index is 3.44. The van der Waals surface area contributed by atoms with Crippen LogP contribution in [0.1, 0.15) is 86.5 Å². The van der Waals surface area contributed by atoms with Gasteiger partial charge in [-0.15, -0.1) is 0 Å². The van der Waals surface area contributed by atoms with E-state index in [9.17, 15) is 0 Å². The highest BCUT2D eigenvalue weighted by Crippen LogP contribution is 2.13. The maximum Gasteiger partial charge on any atom is 0.0116 e. The van der Waals surface area contributed by atoms with Crippen LogP contribution in [-0.2, 0) is 0 Å². The summed E-state index contributed by atoms with van der Waals surface area (Å²) >= 11 is 0. The molecule has 0 radical (unpaired) electrons. The topological polar surface area (TPSA) is 15.3 Å². The van der Waals surface area contributed by atoms with E-state index in [0.29, 0.717) is 0 Å². The van der Waals surface area contributed by atoms with Crippen LogP contribution in [0.25, 0.3) is 0 Å². The van der Waals surface area contributed by atoms with E-state index in [1.165, 1.54) is 64.6 Å². The Bertz CT molecular complexity index is 174. The zero-order valence-electron chi connectivity index (χ0n) is 16.2. The lowest BCUT2D eigenvalue weighted by molar-refractivity contribution is 0.195. The minimum absolute atomic E-state index is 0.840. The third-order valence-electron chi connectivity index (χ3n) is 3.97. The van der Waals surface area contributed by atoms with Gasteiger partial charge in [0.1, 0.15) is 0 Å². The average molecular weight is 301 g/mol. The van der Waals surface area contributed by atoms with E-state index >= 15 is 0 Å². The fraction of sp³-hybridized carbons (Fsp3) is 1.00. The lowest BCUT2D eigenvalue weighted by Crippen LogP contribution is -2.41. The predicted molar refractivity (Wildman–Crippen MR) is 99.1 cm³/mol. The van der Waals surface area contributed by atoms with Crippen LogP contribution in [0.2, 0.25) is 0 Å². The Morgan fingerprint density at radius 3 is 1.95 bits per heavy atom. The molecule has 1 N–H and O–H groups in total. The van der Waals surface area contributed by atoms with Gasteiger partial charge >= 0.3 is 0 Å². The van der Waals surface area contributed by atoms with Crippen LogP contribution in [0, 0.1) is 5.92 Å². The lowest BCUT2D eigenvalue weighted by atomic mass is 10.0. The van der Waals surface area contributed by atoms with Crippen LogP contribution >= 0.6 is 0 Å². The van der Waals surface area contributed by atoms with Crippen LogP contribution in [-0.4, -0.2) is 37.6 Å². The van der Waals surface area contributed by atoms with Crippen molar-refractivity contribution < 1.29 is 0 Å². The van der Waals surface area contributed by atoms with Crippen molar-refractivity contribution in [1.82, 2.24) is 10.2 Å². The minimum atomic E-state index is 0.840. The van der Waals surface area contributed by atoms with E-state index < -0.39 is 0 Å². The van der Waals surface area contributed by atoms with E-state index in [-0.39, 0.29) is 0 Å². The molecule has 0 spiro atoms. The van der Waals surface area contributed by atoms with Crippen LogP contribution in [0.5, 0.6) is 0 Å². The monoisotopic (exact) mass is 300 g/mol. The molecule has 0 aliphatic carbocycles. The highest BCUT2D eigenvalue weighted by atomic mass is 15.1. The van der Waals surface area contributed by atoms with Gasteiger partial charge in [0.25, 0.3) is 0 Å². The normalized spacial score (nSPS) is 15.3. The molecule has 21 heavy (non-hydrogen) atoms. The van der Waals surface area contributed by atoms with Gasteiger partial charge in [-0.25, -0.2) is 0 Å². The fourth-order valence-electron chi connectivity index (χ4n) is 2.70. The van der Waals surface area contributed by atoms with Crippen molar-refractivity contribution in [3.05, 3.63) is 0 Å². The Labute approximate surface area is 136 Å². The van der Waals surface area contributed by atoms with Gasteiger partial charge in [-0.3, -0.25) is 0 Å². The van der Waals surface area contributed by atoms with Gasteiger partial charge in [0.15, 0.2) is 0 Å². The van der Waals surface area contributed by atoms with Gasteiger partial charge in [-0.2, -0.15) is 0 Å². The number of nitrogens with one attached hydrogen (secondary N) is 1. The predicted octanol–water partition coefficient (Wildman–Crippen LogP) is 5.33. The molecule has 0 aromatic carbocycles. The number of hydrogen-bond donors (Lipinski definition) is 1. The Morgan fingerprint density at radius 1 is 0.905 bits per heavy atom. The molecule has 0 unspecified atom stereocenters. The summed E-state index contributed by atoms with van der Waals surface area (Å²) in [7, 11) is 2.31. The van der Waals surface area contributed by atoms with Crippen molar-refractivity contribution >= 4 is 0 Å². The molecule has 1 aliphatic rings. The molecule has 130 valence electrons. The van der Waals surface area contributed by atoms with Crippen LogP contribution in [0.3, 0.4) is 0 Å². The first-order valence-corrected chi connectivity index (χ1v) is 9.61. The molecule has 0 aromatic heterocycles. The Morgan fingerprint density at radius 2 is 1.43 bits per heavy atom. The summed E-state index contributed by atoms with van der Waals surface area (Å²) in [5, 5.41) is 3.44. The molecule has 0 atom stereocenters. The number of unbranched alkanes of at least 4 members (excludes halogenated alkanes) is 3. The first kappa shape index (κ1) is 23.2. The van der Waals surface area contributed by atoms with Crippen molar-refractivity contribution in [2.24, 2.45) is 5.92 Å². The summed E-state index contributed by atoms with van der Waals surface area (Å²) in [5.74, 6) is 0.882. The second kappa shape index (κ2) is 18.0. The Hall–Kier alpha value is -0.0800. The van der Waals surface area contributed by atoms with Gasteiger partial charge in [-0.05, 0) is 51.9 Å². The Balaban J connectivity index is 0. The zero-order valence-corrected chi connectivity index (χ0v) is 16.2. The highest BCUT2D eigenvalue weighted by molar-refractivity contribution is 4.75. The third-order valence-corrected chi connectivity index (χ3v) is 3.97. The molecule has 0 aromatic rings. The molecule has 1 fully saturated rings. The molecule has 0 amide bonds. The maximum absolute atomic E-state index is 3.44. The van der Waals surface area contributed by atoms with Gasteiger partial charge in [-0.1, -0.05) is 67.2 Å². The standard InChI is InChI=1S/C15H32N2.2C2H6/c1-14(2)8-6-4-5-7-13-17(3)15-9-11-16-12-10-15;2*1-2/h14-16H,4-13H2,1-3H3;2*1-2H3. The quantitative estimate of drug-likeness (QED) is 0.610. The van der Waals surface area contributed by atoms with E-state index in [1.54, 1.807) is 0 Å². The molecule has 0 bridgehead atoms. The van der Waals surface area contributed by atoms with Crippen molar-refractivity contribution in [3.63, 3.8) is 0 Å². The van der Waals surface area contributed by atoms with E-state index in [2.05, 4.69) is 31.1 Å². The molecule has 1 aliphatic heterocycles. The SMILES string of the molecule is CC.CC.CC(C)CCCCCCN(C)C1CCNCC1. The summed E-state index contributed by atoms with van der Waals surface area (Å²) in [5.41, 5.74) is 0. The zero-order chi connectivity index (χ0) is 16.5. The van der Waals surface area contributed by atoms with E-state index in [4.69, 9.17) is 0 Å². The molecule has 1 heterocycles. The molecule has 2 heteroatoms. The lowest BCUT2D eigenvalue weighted by Gasteiger charge is -2.31. The van der Waals surface area contributed by atoms with Gasteiger partial charge < -0.3 is 10.2 Å². The van der Waals surface area contributed by atoms with Gasteiger partial charge in [0.05, 0.1) is 0 Å². The van der Waals surface area contributed by atoms with Crippen molar-refractivity contribution in [3.8, 4) is 0 Å². The average Bonchev–Trinajstić information content (AvgIpc) is 2.55. The summed E-state index contributed by atoms with van der Waals surface area (Å²) in [4.78, 5) is 2.59. The molecule has 2 nitrogen and oxygen atoms in total. The molecular formula is C19H44N2. The van der Waals surface area contributed by atoms with Crippen LogP contribution < -0.4 is 5.32 Å². The summed E-state index contributed by atoms with van der Waals surface area (Å²) in [6.07, 6.45) is 9.74. The van der Waals surface area contributed by atoms with E-state index in [0.717, 1.165) is 12.0 Å². The van der Waals surface area contributed by atoms with Crippen molar-refractivity contribution in [1.29, 1.82) is 0 Å².